The Bertz CT molecular complexity index is 508. The highest BCUT2D eigenvalue weighted by Crippen LogP contribution is 2.30. The van der Waals surface area contributed by atoms with Gasteiger partial charge in [0.05, 0.1) is 11.1 Å². The molecule has 0 saturated carbocycles. The second-order valence-corrected chi connectivity index (χ2v) is 4.81. The molecule has 0 aliphatic heterocycles. The predicted octanol–water partition coefficient (Wildman–Crippen LogP) is 1.90. The van der Waals surface area contributed by atoms with Crippen molar-refractivity contribution in [1.29, 1.82) is 0 Å². The Morgan fingerprint density at radius 2 is 2.24 bits per heavy atom. The Balaban J connectivity index is 2.28. The molecule has 0 unspecified atom stereocenters. The zero-order valence-electron chi connectivity index (χ0n) is 9.92. The summed E-state index contributed by atoms with van der Waals surface area (Å²) in [5.74, 6) is 0.577. The van der Waals surface area contributed by atoms with Crippen LogP contribution in [0.15, 0.2) is 28.6 Å². The van der Waals surface area contributed by atoms with Crippen LogP contribution in [0.1, 0.15) is 18.9 Å². The van der Waals surface area contributed by atoms with Crippen LogP contribution in [0.2, 0.25) is 0 Å². The van der Waals surface area contributed by atoms with Gasteiger partial charge in [-0.3, -0.25) is 4.68 Å². The van der Waals surface area contributed by atoms with Crippen LogP contribution in [0, 0.1) is 0 Å². The van der Waals surface area contributed by atoms with Crippen molar-refractivity contribution in [3.63, 3.8) is 0 Å². The first-order valence-electron chi connectivity index (χ1n) is 5.46. The number of anilines is 1. The Hall–Kier alpha value is -1.56. The van der Waals surface area contributed by atoms with Crippen molar-refractivity contribution >= 4 is 17.6 Å². The number of nitrogens with zero attached hydrogens (tertiary/aromatic N) is 4. The third kappa shape index (κ3) is 2.76. The summed E-state index contributed by atoms with van der Waals surface area (Å²) in [6.07, 6.45) is 7.21. The molecule has 17 heavy (non-hydrogen) atoms. The van der Waals surface area contributed by atoms with Crippen LogP contribution in [0.3, 0.4) is 0 Å². The monoisotopic (exact) mass is 249 g/mol. The molecule has 0 atom stereocenters. The van der Waals surface area contributed by atoms with Gasteiger partial charge in [0, 0.05) is 18.8 Å². The summed E-state index contributed by atoms with van der Waals surface area (Å²) < 4.78 is 1.77. The molecular formula is C11H15N5S. The smallest absolute Gasteiger partial charge is 0.131 e. The van der Waals surface area contributed by atoms with Crippen LogP contribution < -0.4 is 5.73 Å². The molecule has 0 amide bonds. The summed E-state index contributed by atoms with van der Waals surface area (Å²) in [7, 11) is 1.89. The van der Waals surface area contributed by atoms with Gasteiger partial charge in [0.25, 0.3) is 0 Å². The molecule has 5 nitrogen and oxygen atoms in total. The van der Waals surface area contributed by atoms with Crippen molar-refractivity contribution in [2.45, 2.75) is 29.7 Å². The van der Waals surface area contributed by atoms with E-state index in [1.165, 1.54) is 6.33 Å². The Morgan fingerprint density at radius 3 is 2.88 bits per heavy atom. The quantitative estimate of drug-likeness (QED) is 0.838. The number of aryl methyl sites for hydroxylation is 1. The molecule has 90 valence electrons. The Labute approximate surface area is 104 Å². The second kappa shape index (κ2) is 5.18. The number of aromatic nitrogens is 4. The number of hydrogen-bond acceptors (Lipinski definition) is 5. The van der Waals surface area contributed by atoms with Gasteiger partial charge in [0.2, 0.25) is 0 Å². The minimum Gasteiger partial charge on any atom is -0.383 e. The molecule has 0 fully saturated rings. The SMILES string of the molecule is CCCc1c(N)ncnc1Sc1cnn(C)c1. The summed E-state index contributed by atoms with van der Waals surface area (Å²) in [5.41, 5.74) is 6.91. The maximum atomic E-state index is 5.88. The summed E-state index contributed by atoms with van der Waals surface area (Å²) in [4.78, 5) is 9.39. The Morgan fingerprint density at radius 1 is 1.41 bits per heavy atom. The molecule has 0 saturated heterocycles. The van der Waals surface area contributed by atoms with E-state index in [0.717, 1.165) is 28.3 Å². The van der Waals surface area contributed by atoms with Crippen LogP contribution >= 0.6 is 11.8 Å². The van der Waals surface area contributed by atoms with Gasteiger partial charge in [-0.1, -0.05) is 25.1 Å². The predicted molar refractivity (Wildman–Crippen MR) is 67.8 cm³/mol. The summed E-state index contributed by atoms with van der Waals surface area (Å²) in [6, 6.07) is 0. The van der Waals surface area contributed by atoms with E-state index >= 15 is 0 Å². The van der Waals surface area contributed by atoms with Crippen LogP contribution in [0.5, 0.6) is 0 Å². The van der Waals surface area contributed by atoms with E-state index in [4.69, 9.17) is 5.73 Å². The zero-order chi connectivity index (χ0) is 12.3. The molecule has 0 aliphatic carbocycles. The van der Waals surface area contributed by atoms with Gasteiger partial charge in [-0.2, -0.15) is 5.10 Å². The first-order chi connectivity index (χ1) is 8.20. The standard InChI is InChI=1S/C11H15N5S/c1-3-4-9-10(12)13-7-14-11(9)17-8-5-15-16(2)6-8/h5-7H,3-4H2,1-2H3,(H2,12,13,14). The molecule has 2 rings (SSSR count). The van der Waals surface area contributed by atoms with Gasteiger partial charge in [0.15, 0.2) is 0 Å². The maximum absolute atomic E-state index is 5.88. The second-order valence-electron chi connectivity index (χ2n) is 3.74. The van der Waals surface area contributed by atoms with E-state index in [1.54, 1.807) is 16.4 Å². The fourth-order valence-electron chi connectivity index (χ4n) is 1.54. The summed E-state index contributed by atoms with van der Waals surface area (Å²) in [6.45, 7) is 2.12. The molecule has 2 aromatic rings. The van der Waals surface area contributed by atoms with Gasteiger partial charge in [0.1, 0.15) is 17.2 Å². The molecule has 0 spiro atoms. The van der Waals surface area contributed by atoms with Crippen LogP contribution in [0.25, 0.3) is 0 Å². The average molecular weight is 249 g/mol. The summed E-state index contributed by atoms with van der Waals surface area (Å²) >= 11 is 1.57. The van der Waals surface area contributed by atoms with Gasteiger partial charge >= 0.3 is 0 Å². The van der Waals surface area contributed by atoms with Gasteiger partial charge < -0.3 is 5.73 Å². The van der Waals surface area contributed by atoms with E-state index in [9.17, 15) is 0 Å². The number of hydrogen-bond donors (Lipinski definition) is 1. The fraction of sp³-hybridized carbons (Fsp3) is 0.364. The third-order valence-corrected chi connectivity index (χ3v) is 3.33. The van der Waals surface area contributed by atoms with E-state index in [1.807, 2.05) is 19.4 Å². The van der Waals surface area contributed by atoms with Crippen molar-refractivity contribution < 1.29 is 0 Å². The van der Waals surface area contributed by atoms with Gasteiger partial charge in [-0.15, -0.1) is 0 Å². The lowest BCUT2D eigenvalue weighted by Gasteiger charge is -2.07. The largest absolute Gasteiger partial charge is 0.383 e. The maximum Gasteiger partial charge on any atom is 0.131 e. The summed E-state index contributed by atoms with van der Waals surface area (Å²) in [5, 5.41) is 5.06. The van der Waals surface area contributed by atoms with E-state index in [2.05, 4.69) is 22.0 Å². The molecule has 2 N–H and O–H groups in total. The molecule has 2 heterocycles. The van der Waals surface area contributed by atoms with E-state index in [-0.39, 0.29) is 0 Å². The van der Waals surface area contributed by atoms with Crippen molar-refractivity contribution in [1.82, 2.24) is 19.7 Å². The average Bonchev–Trinajstić information content (AvgIpc) is 2.69. The Kier molecular flexibility index (Phi) is 3.63. The van der Waals surface area contributed by atoms with Crippen molar-refractivity contribution in [3.05, 3.63) is 24.3 Å². The lowest BCUT2D eigenvalue weighted by Crippen LogP contribution is -2.01. The van der Waals surface area contributed by atoms with E-state index in [0.29, 0.717) is 5.82 Å². The zero-order valence-corrected chi connectivity index (χ0v) is 10.7. The lowest BCUT2D eigenvalue weighted by atomic mass is 10.2. The highest BCUT2D eigenvalue weighted by Gasteiger charge is 2.10. The van der Waals surface area contributed by atoms with E-state index < -0.39 is 0 Å². The first-order valence-corrected chi connectivity index (χ1v) is 6.28. The first kappa shape index (κ1) is 11.9. The van der Waals surface area contributed by atoms with Crippen LogP contribution in [-0.4, -0.2) is 19.7 Å². The van der Waals surface area contributed by atoms with Crippen molar-refractivity contribution in [3.8, 4) is 0 Å². The molecule has 2 aromatic heterocycles. The van der Waals surface area contributed by atoms with Gasteiger partial charge in [-0.25, -0.2) is 9.97 Å². The number of rotatable bonds is 4. The van der Waals surface area contributed by atoms with Crippen molar-refractivity contribution in [2.75, 3.05) is 5.73 Å². The minimum absolute atomic E-state index is 0.577. The highest BCUT2D eigenvalue weighted by atomic mass is 32.2. The van der Waals surface area contributed by atoms with Gasteiger partial charge in [-0.05, 0) is 6.42 Å². The third-order valence-electron chi connectivity index (χ3n) is 2.33. The molecule has 0 bridgehead atoms. The van der Waals surface area contributed by atoms with Crippen molar-refractivity contribution in [2.24, 2.45) is 7.05 Å². The highest BCUT2D eigenvalue weighted by molar-refractivity contribution is 7.99. The van der Waals surface area contributed by atoms with Crippen LogP contribution in [0.4, 0.5) is 5.82 Å². The number of nitrogen functional groups attached to an aromatic ring is 1. The molecule has 0 radical (unpaired) electrons. The fourth-order valence-corrected chi connectivity index (χ4v) is 2.50. The molecule has 6 heteroatoms. The topological polar surface area (TPSA) is 69.6 Å². The normalized spacial score (nSPS) is 10.7. The molecule has 0 aromatic carbocycles. The molecular weight excluding hydrogens is 234 g/mol. The lowest BCUT2D eigenvalue weighted by molar-refractivity contribution is 0.766. The van der Waals surface area contributed by atoms with Crippen LogP contribution in [-0.2, 0) is 13.5 Å². The molecule has 0 aliphatic rings. The number of nitrogens with two attached hydrogens (primary N) is 1. The minimum atomic E-state index is 0.577.